The molecule has 0 saturated carbocycles. The molecule has 4 heteroatoms. The quantitative estimate of drug-likeness (QED) is 0.738. The molecule has 1 aromatic carbocycles. The van der Waals surface area contributed by atoms with Gasteiger partial charge in [-0.15, -0.1) is 0 Å². The average Bonchev–Trinajstić information content (AvgIpc) is 2.82. The number of hydrogen-bond donors (Lipinski definition) is 0. The number of rotatable bonds is 5. The molecule has 1 atom stereocenters. The number of carbonyl (C=O) groups is 1. The van der Waals surface area contributed by atoms with Crippen molar-refractivity contribution >= 4 is 6.29 Å². The van der Waals surface area contributed by atoms with Gasteiger partial charge in [0.2, 0.25) is 0 Å². The summed E-state index contributed by atoms with van der Waals surface area (Å²) in [7, 11) is 0. The summed E-state index contributed by atoms with van der Waals surface area (Å²) in [6.07, 6.45) is 2.92. The normalized spacial score (nSPS) is 19.5. The van der Waals surface area contributed by atoms with E-state index in [0.717, 1.165) is 19.4 Å². The lowest BCUT2D eigenvalue weighted by Crippen LogP contribution is -2.14. The maximum absolute atomic E-state index is 13.0. The third-order valence-corrected chi connectivity index (χ3v) is 2.82. The molecule has 1 saturated heterocycles. The van der Waals surface area contributed by atoms with E-state index in [1.165, 1.54) is 18.2 Å². The topological polar surface area (TPSA) is 35.5 Å². The highest BCUT2D eigenvalue weighted by atomic mass is 19.1. The number of benzene rings is 1. The molecule has 1 aliphatic heterocycles. The summed E-state index contributed by atoms with van der Waals surface area (Å²) >= 11 is 0. The van der Waals surface area contributed by atoms with Crippen LogP contribution in [-0.4, -0.2) is 25.6 Å². The van der Waals surface area contributed by atoms with Crippen LogP contribution in [-0.2, 0) is 16.1 Å². The summed E-state index contributed by atoms with van der Waals surface area (Å²) in [5, 5.41) is 0. The van der Waals surface area contributed by atoms with Crippen molar-refractivity contribution in [2.24, 2.45) is 0 Å². The summed E-state index contributed by atoms with van der Waals surface area (Å²) in [4.78, 5) is 10.8. The zero-order valence-electron chi connectivity index (χ0n) is 9.52. The second kappa shape index (κ2) is 5.89. The minimum absolute atomic E-state index is 0.142. The van der Waals surface area contributed by atoms with Gasteiger partial charge in [-0.1, -0.05) is 0 Å². The van der Waals surface area contributed by atoms with Crippen LogP contribution < -0.4 is 0 Å². The lowest BCUT2D eigenvalue weighted by atomic mass is 10.1. The first kappa shape index (κ1) is 12.2. The number of carbonyl (C=O) groups excluding carboxylic acids is 1. The molecule has 1 heterocycles. The summed E-state index contributed by atoms with van der Waals surface area (Å²) in [6.45, 7) is 1.52. The van der Waals surface area contributed by atoms with Crippen molar-refractivity contribution in [2.75, 3.05) is 13.2 Å². The van der Waals surface area contributed by atoms with Crippen LogP contribution in [0, 0.1) is 5.82 Å². The minimum atomic E-state index is -0.355. The summed E-state index contributed by atoms with van der Waals surface area (Å²) in [5.74, 6) is -0.355. The van der Waals surface area contributed by atoms with Gasteiger partial charge in [0.1, 0.15) is 12.1 Å². The molecule has 1 aliphatic rings. The predicted molar refractivity (Wildman–Crippen MR) is 60.4 cm³/mol. The van der Waals surface area contributed by atoms with Gasteiger partial charge in [0.15, 0.2) is 0 Å². The summed E-state index contributed by atoms with van der Waals surface area (Å²) < 4.78 is 23.9. The van der Waals surface area contributed by atoms with Crippen LogP contribution in [0.15, 0.2) is 18.2 Å². The molecule has 0 aromatic heterocycles. The maximum atomic E-state index is 13.0. The van der Waals surface area contributed by atoms with Crippen LogP contribution >= 0.6 is 0 Å². The van der Waals surface area contributed by atoms with Gasteiger partial charge in [-0.3, -0.25) is 4.79 Å². The minimum Gasteiger partial charge on any atom is -0.376 e. The SMILES string of the molecule is O=Cc1ccc(F)cc1COC[C@H]1CCCO1. The Kier molecular flexibility index (Phi) is 4.23. The van der Waals surface area contributed by atoms with Gasteiger partial charge >= 0.3 is 0 Å². The molecule has 0 unspecified atom stereocenters. The predicted octanol–water partition coefficient (Wildman–Crippen LogP) is 2.33. The second-order valence-corrected chi connectivity index (χ2v) is 4.11. The van der Waals surface area contributed by atoms with E-state index in [1.54, 1.807) is 0 Å². The Bertz CT molecular complexity index is 386. The number of aldehydes is 1. The van der Waals surface area contributed by atoms with Gasteiger partial charge in [-0.2, -0.15) is 0 Å². The van der Waals surface area contributed by atoms with E-state index in [1.807, 2.05) is 0 Å². The molecule has 2 rings (SSSR count). The number of hydrogen-bond acceptors (Lipinski definition) is 3. The van der Waals surface area contributed by atoms with E-state index in [2.05, 4.69) is 0 Å². The molecule has 0 N–H and O–H groups in total. The van der Waals surface area contributed by atoms with Crippen LogP contribution in [0.5, 0.6) is 0 Å². The first-order valence-corrected chi connectivity index (χ1v) is 5.72. The van der Waals surface area contributed by atoms with Gasteiger partial charge in [0, 0.05) is 12.2 Å². The molecular formula is C13H15FO3. The van der Waals surface area contributed by atoms with E-state index < -0.39 is 0 Å². The first-order chi connectivity index (χ1) is 8.29. The van der Waals surface area contributed by atoms with Gasteiger partial charge in [-0.25, -0.2) is 4.39 Å². The summed E-state index contributed by atoms with van der Waals surface area (Å²) in [5.41, 5.74) is 1.05. The van der Waals surface area contributed by atoms with Crippen molar-refractivity contribution in [3.8, 4) is 0 Å². The molecule has 0 radical (unpaired) electrons. The Morgan fingerprint density at radius 1 is 1.53 bits per heavy atom. The van der Waals surface area contributed by atoms with Crippen molar-refractivity contribution in [2.45, 2.75) is 25.6 Å². The Hall–Kier alpha value is -1.26. The Morgan fingerprint density at radius 3 is 3.12 bits per heavy atom. The van der Waals surface area contributed by atoms with E-state index >= 15 is 0 Å². The Morgan fingerprint density at radius 2 is 2.41 bits per heavy atom. The molecule has 92 valence electrons. The Labute approximate surface area is 99.5 Å². The van der Waals surface area contributed by atoms with Crippen LogP contribution in [0.2, 0.25) is 0 Å². The molecule has 17 heavy (non-hydrogen) atoms. The van der Waals surface area contributed by atoms with Gasteiger partial charge < -0.3 is 9.47 Å². The maximum Gasteiger partial charge on any atom is 0.150 e. The summed E-state index contributed by atoms with van der Waals surface area (Å²) in [6, 6.07) is 4.07. The van der Waals surface area contributed by atoms with Gasteiger partial charge in [-0.05, 0) is 36.6 Å². The number of halogens is 1. The van der Waals surface area contributed by atoms with Crippen molar-refractivity contribution < 1.29 is 18.7 Å². The van der Waals surface area contributed by atoms with Gasteiger partial charge in [0.05, 0.1) is 19.3 Å². The molecule has 3 nitrogen and oxygen atoms in total. The lowest BCUT2D eigenvalue weighted by Gasteiger charge is -2.11. The third-order valence-electron chi connectivity index (χ3n) is 2.82. The highest BCUT2D eigenvalue weighted by molar-refractivity contribution is 5.77. The largest absolute Gasteiger partial charge is 0.376 e. The van der Waals surface area contributed by atoms with Crippen LogP contribution in [0.3, 0.4) is 0 Å². The number of ether oxygens (including phenoxy) is 2. The molecule has 0 spiro atoms. The molecule has 0 aliphatic carbocycles. The molecule has 0 amide bonds. The van der Waals surface area contributed by atoms with Crippen molar-refractivity contribution in [3.05, 3.63) is 35.1 Å². The fourth-order valence-electron chi connectivity index (χ4n) is 1.89. The van der Waals surface area contributed by atoms with E-state index in [4.69, 9.17) is 9.47 Å². The molecule has 1 aromatic rings. The highest BCUT2D eigenvalue weighted by Crippen LogP contribution is 2.14. The first-order valence-electron chi connectivity index (χ1n) is 5.72. The molecule has 1 fully saturated rings. The Balaban J connectivity index is 1.88. The highest BCUT2D eigenvalue weighted by Gasteiger charge is 2.15. The smallest absolute Gasteiger partial charge is 0.150 e. The monoisotopic (exact) mass is 238 g/mol. The fraction of sp³-hybridized carbons (Fsp3) is 0.462. The zero-order valence-corrected chi connectivity index (χ0v) is 9.52. The van der Waals surface area contributed by atoms with Gasteiger partial charge in [0.25, 0.3) is 0 Å². The van der Waals surface area contributed by atoms with E-state index in [9.17, 15) is 9.18 Å². The van der Waals surface area contributed by atoms with Crippen LogP contribution in [0.1, 0.15) is 28.8 Å². The van der Waals surface area contributed by atoms with Crippen molar-refractivity contribution in [3.63, 3.8) is 0 Å². The zero-order chi connectivity index (χ0) is 12.1. The third kappa shape index (κ3) is 3.35. The second-order valence-electron chi connectivity index (χ2n) is 4.11. The fourth-order valence-corrected chi connectivity index (χ4v) is 1.89. The van der Waals surface area contributed by atoms with Crippen LogP contribution in [0.4, 0.5) is 4.39 Å². The standard InChI is InChI=1S/C13H15FO3/c14-12-4-3-10(7-15)11(6-12)8-16-9-13-2-1-5-17-13/h3-4,6-7,13H,1-2,5,8-9H2/t13-/m1/s1. The van der Waals surface area contributed by atoms with Crippen molar-refractivity contribution in [1.29, 1.82) is 0 Å². The lowest BCUT2D eigenvalue weighted by molar-refractivity contribution is 0.0104. The van der Waals surface area contributed by atoms with Crippen molar-refractivity contribution in [1.82, 2.24) is 0 Å². The van der Waals surface area contributed by atoms with Crippen LogP contribution in [0.25, 0.3) is 0 Å². The molecular weight excluding hydrogens is 223 g/mol. The van der Waals surface area contributed by atoms with E-state index in [-0.39, 0.29) is 18.5 Å². The van der Waals surface area contributed by atoms with E-state index in [0.29, 0.717) is 24.0 Å². The molecule has 0 bridgehead atoms. The average molecular weight is 238 g/mol.